The number of benzene rings is 1. The number of carboxylic acid groups (broad SMARTS) is 1. The number of carboxylic acids is 1. The molecule has 0 spiro atoms. The Kier molecular flexibility index (Phi) is 3.97. The molecule has 2 nitrogen and oxygen atoms in total. The molecule has 0 bridgehead atoms. The van der Waals surface area contributed by atoms with Gasteiger partial charge in [-0.2, -0.15) is 0 Å². The van der Waals surface area contributed by atoms with Gasteiger partial charge >= 0.3 is 5.97 Å². The summed E-state index contributed by atoms with van der Waals surface area (Å²) in [5.74, 6) is -1.39. The molecule has 1 aromatic rings. The smallest absolute Gasteiger partial charge is 0.314 e. The van der Waals surface area contributed by atoms with Crippen LogP contribution >= 0.6 is 27.5 Å². The molecule has 1 fully saturated rings. The first-order chi connectivity index (χ1) is 8.47. The summed E-state index contributed by atoms with van der Waals surface area (Å²) in [5, 5.41) is 9.50. The van der Waals surface area contributed by atoms with Gasteiger partial charge in [0.1, 0.15) is 0 Å². The molecular formula is C13H13BrClFO2. The highest BCUT2D eigenvalue weighted by Crippen LogP contribution is 2.42. The second-order valence-corrected chi connectivity index (χ2v) is 5.96. The summed E-state index contributed by atoms with van der Waals surface area (Å²) < 4.78 is 13.7. The lowest BCUT2D eigenvalue weighted by molar-refractivity contribution is -0.145. The summed E-state index contributed by atoms with van der Waals surface area (Å²) in [6, 6.07) is 2.99. The Labute approximate surface area is 118 Å². The molecule has 98 valence electrons. The van der Waals surface area contributed by atoms with E-state index in [2.05, 4.69) is 15.9 Å². The second kappa shape index (κ2) is 5.17. The van der Waals surface area contributed by atoms with E-state index in [-0.39, 0.29) is 9.50 Å². The van der Waals surface area contributed by atoms with Crippen molar-refractivity contribution in [3.63, 3.8) is 0 Å². The number of halogens is 3. The molecule has 1 aliphatic carbocycles. The average Bonchev–Trinajstić information content (AvgIpc) is 2.36. The summed E-state index contributed by atoms with van der Waals surface area (Å²) in [5.41, 5.74) is -0.328. The number of carbonyl (C=O) groups is 1. The zero-order valence-electron chi connectivity index (χ0n) is 9.68. The highest BCUT2D eigenvalue weighted by molar-refractivity contribution is 9.10. The van der Waals surface area contributed by atoms with E-state index in [4.69, 9.17) is 11.6 Å². The van der Waals surface area contributed by atoms with Gasteiger partial charge in [0.2, 0.25) is 0 Å². The third-order valence-electron chi connectivity index (χ3n) is 3.65. The van der Waals surface area contributed by atoms with Crippen molar-refractivity contribution in [2.24, 2.45) is 0 Å². The van der Waals surface area contributed by atoms with E-state index < -0.39 is 17.2 Å². The molecular weight excluding hydrogens is 322 g/mol. The fourth-order valence-corrected chi connectivity index (χ4v) is 3.41. The van der Waals surface area contributed by atoms with Crippen LogP contribution in [-0.4, -0.2) is 11.1 Å². The molecule has 0 aromatic heterocycles. The van der Waals surface area contributed by atoms with Gasteiger partial charge in [0, 0.05) is 0 Å². The fraction of sp³-hybridized carbons (Fsp3) is 0.462. The quantitative estimate of drug-likeness (QED) is 0.806. The first kappa shape index (κ1) is 13.8. The van der Waals surface area contributed by atoms with E-state index in [1.807, 2.05) is 0 Å². The van der Waals surface area contributed by atoms with Crippen LogP contribution in [0.3, 0.4) is 0 Å². The molecule has 1 saturated carbocycles. The van der Waals surface area contributed by atoms with Crippen LogP contribution in [-0.2, 0) is 10.2 Å². The average molecular weight is 336 g/mol. The van der Waals surface area contributed by atoms with Gasteiger partial charge in [0.15, 0.2) is 5.82 Å². The molecule has 0 saturated heterocycles. The lowest BCUT2D eigenvalue weighted by atomic mass is 9.69. The summed E-state index contributed by atoms with van der Waals surface area (Å²) in [6.07, 6.45) is 3.95. The third kappa shape index (κ3) is 2.28. The van der Waals surface area contributed by atoms with Crippen LogP contribution in [0.4, 0.5) is 4.39 Å². The minimum Gasteiger partial charge on any atom is -0.481 e. The van der Waals surface area contributed by atoms with E-state index in [9.17, 15) is 14.3 Å². The summed E-state index contributed by atoms with van der Waals surface area (Å²) in [7, 11) is 0. The van der Waals surface area contributed by atoms with Crippen molar-refractivity contribution in [2.75, 3.05) is 0 Å². The number of rotatable bonds is 2. The van der Waals surface area contributed by atoms with Crippen molar-refractivity contribution < 1.29 is 14.3 Å². The lowest BCUT2D eigenvalue weighted by Gasteiger charge is -2.34. The van der Waals surface area contributed by atoms with Gasteiger partial charge < -0.3 is 5.11 Å². The summed E-state index contributed by atoms with van der Waals surface area (Å²) in [6.45, 7) is 0. The van der Waals surface area contributed by atoms with Crippen molar-refractivity contribution in [3.05, 3.63) is 33.0 Å². The van der Waals surface area contributed by atoms with Crippen LogP contribution in [0.25, 0.3) is 0 Å². The summed E-state index contributed by atoms with van der Waals surface area (Å²) in [4.78, 5) is 11.6. The van der Waals surface area contributed by atoms with Crippen molar-refractivity contribution in [2.45, 2.75) is 37.5 Å². The fourth-order valence-electron chi connectivity index (χ4n) is 2.61. The van der Waals surface area contributed by atoms with Crippen molar-refractivity contribution >= 4 is 33.5 Å². The maximum absolute atomic E-state index is 13.5. The zero-order valence-corrected chi connectivity index (χ0v) is 12.0. The van der Waals surface area contributed by atoms with E-state index in [0.29, 0.717) is 18.4 Å². The third-order valence-corrected chi connectivity index (χ3v) is 4.50. The largest absolute Gasteiger partial charge is 0.481 e. The Morgan fingerprint density at radius 1 is 1.33 bits per heavy atom. The van der Waals surface area contributed by atoms with Gasteiger partial charge in [-0.05, 0) is 46.5 Å². The Morgan fingerprint density at radius 3 is 2.44 bits per heavy atom. The molecule has 1 aromatic carbocycles. The van der Waals surface area contributed by atoms with Crippen molar-refractivity contribution in [3.8, 4) is 0 Å². The van der Waals surface area contributed by atoms with Gasteiger partial charge in [-0.15, -0.1) is 0 Å². The van der Waals surface area contributed by atoms with Crippen LogP contribution in [0.5, 0.6) is 0 Å². The highest BCUT2D eigenvalue weighted by Gasteiger charge is 2.41. The number of hydrogen-bond acceptors (Lipinski definition) is 1. The second-order valence-electron chi connectivity index (χ2n) is 4.70. The standard InChI is InChI=1S/C13H13BrClFO2/c14-9-6-8(7-10(15)11(9)16)13(12(17)18)4-2-1-3-5-13/h6-7H,1-5H2,(H,17,18). The van der Waals surface area contributed by atoms with Crippen LogP contribution < -0.4 is 0 Å². The number of hydrogen-bond donors (Lipinski definition) is 1. The number of aliphatic carboxylic acids is 1. The monoisotopic (exact) mass is 334 g/mol. The maximum Gasteiger partial charge on any atom is 0.314 e. The van der Waals surface area contributed by atoms with Crippen LogP contribution in [0.1, 0.15) is 37.7 Å². The molecule has 18 heavy (non-hydrogen) atoms. The van der Waals surface area contributed by atoms with Gasteiger partial charge in [0.05, 0.1) is 14.9 Å². The predicted octanol–water partition coefficient (Wildman–Crippen LogP) is 4.53. The minimum absolute atomic E-state index is 0.0365. The van der Waals surface area contributed by atoms with E-state index in [1.165, 1.54) is 6.07 Å². The normalized spacial score (nSPS) is 18.6. The molecule has 0 atom stereocenters. The van der Waals surface area contributed by atoms with E-state index >= 15 is 0 Å². The topological polar surface area (TPSA) is 37.3 Å². The molecule has 0 radical (unpaired) electrons. The van der Waals surface area contributed by atoms with Crippen molar-refractivity contribution in [1.82, 2.24) is 0 Å². The Hall–Kier alpha value is -0.610. The maximum atomic E-state index is 13.5. The van der Waals surface area contributed by atoms with Gasteiger partial charge in [-0.3, -0.25) is 4.79 Å². The van der Waals surface area contributed by atoms with Gasteiger partial charge in [0.25, 0.3) is 0 Å². The van der Waals surface area contributed by atoms with Gasteiger partial charge in [-0.1, -0.05) is 30.9 Å². The molecule has 2 rings (SSSR count). The Morgan fingerprint density at radius 2 is 1.94 bits per heavy atom. The van der Waals surface area contributed by atoms with Crippen LogP contribution in [0, 0.1) is 5.82 Å². The minimum atomic E-state index is -0.919. The zero-order chi connectivity index (χ0) is 13.3. The van der Waals surface area contributed by atoms with Crippen LogP contribution in [0.2, 0.25) is 5.02 Å². The lowest BCUT2D eigenvalue weighted by Crippen LogP contribution is -2.37. The molecule has 0 aliphatic heterocycles. The molecule has 1 N–H and O–H groups in total. The first-order valence-electron chi connectivity index (χ1n) is 5.86. The Bertz CT molecular complexity index is 461. The molecule has 1 aliphatic rings. The first-order valence-corrected chi connectivity index (χ1v) is 7.03. The Balaban J connectivity index is 2.52. The predicted molar refractivity (Wildman–Crippen MR) is 71.5 cm³/mol. The van der Waals surface area contributed by atoms with E-state index in [0.717, 1.165) is 19.3 Å². The van der Waals surface area contributed by atoms with Crippen molar-refractivity contribution in [1.29, 1.82) is 0 Å². The highest BCUT2D eigenvalue weighted by atomic mass is 79.9. The van der Waals surface area contributed by atoms with Crippen LogP contribution in [0.15, 0.2) is 16.6 Å². The molecule has 5 heteroatoms. The SMILES string of the molecule is O=C(O)C1(c2cc(Cl)c(F)c(Br)c2)CCCCC1. The summed E-state index contributed by atoms with van der Waals surface area (Å²) >= 11 is 8.89. The molecule has 0 heterocycles. The van der Waals surface area contributed by atoms with Gasteiger partial charge in [-0.25, -0.2) is 4.39 Å². The molecule has 0 amide bonds. The molecule has 0 unspecified atom stereocenters. The van der Waals surface area contributed by atoms with E-state index in [1.54, 1.807) is 6.07 Å².